The number of anilines is 1. The molecule has 3 aliphatic rings. The Morgan fingerprint density at radius 3 is 1.49 bits per heavy atom. The van der Waals surface area contributed by atoms with Gasteiger partial charge in [0.2, 0.25) is 0 Å². The smallest absolute Gasteiger partial charge is 0.411 e. The highest BCUT2D eigenvalue weighted by Gasteiger charge is 2.37. The van der Waals surface area contributed by atoms with Gasteiger partial charge in [-0.15, -0.1) is 12.4 Å². The lowest BCUT2D eigenvalue weighted by Gasteiger charge is -2.37. The van der Waals surface area contributed by atoms with Crippen molar-refractivity contribution >= 4 is 53.5 Å². The fourth-order valence-corrected chi connectivity index (χ4v) is 10.1. The number of carbonyl (C=O) groups excluding carboxylic acids is 4. The van der Waals surface area contributed by atoms with E-state index < -0.39 is 23.1 Å². The van der Waals surface area contributed by atoms with Gasteiger partial charge < -0.3 is 25.3 Å². The van der Waals surface area contributed by atoms with Crippen molar-refractivity contribution in [1.29, 1.82) is 0 Å². The number of ether oxygens (including phenoxy) is 3. The van der Waals surface area contributed by atoms with E-state index in [9.17, 15) is 28.8 Å². The second-order valence-electron chi connectivity index (χ2n) is 23.5. The molecule has 1 unspecified atom stereocenters. The molecule has 452 valence electrons. The second kappa shape index (κ2) is 26.6. The molecule has 3 aliphatic heterocycles. The average molecular weight is 1180 g/mol. The fraction of sp³-hybridized carbons (Fsp3) is 0.413. The summed E-state index contributed by atoms with van der Waals surface area (Å²) < 4.78 is 18.8. The van der Waals surface area contributed by atoms with Gasteiger partial charge in [-0.1, -0.05) is 72.8 Å². The minimum atomic E-state index is -0.611. The Balaban J connectivity index is 0.000000170. The van der Waals surface area contributed by atoms with Gasteiger partial charge >= 0.3 is 18.2 Å². The molecule has 11 rings (SSSR count). The lowest BCUT2D eigenvalue weighted by Crippen LogP contribution is -2.42. The van der Waals surface area contributed by atoms with Crippen LogP contribution in [0.25, 0.3) is 11.3 Å². The number of Topliss-reactive ketones (excluding diaryl/α,β-unsaturated/α-hetero) is 1. The minimum Gasteiger partial charge on any atom is -0.465 e. The Labute approximate surface area is 500 Å². The molecule has 0 radical (unpaired) electrons. The van der Waals surface area contributed by atoms with E-state index in [4.69, 9.17) is 15.2 Å². The number of hydrogen-bond donors (Lipinski definition) is 5. The molecule has 4 atom stereocenters. The first-order chi connectivity index (χ1) is 39.7. The number of nitrogens with two attached hydrogens (primary N) is 1. The zero-order chi connectivity index (χ0) is 60.9. The van der Waals surface area contributed by atoms with Gasteiger partial charge in [-0.3, -0.25) is 44.3 Å². The molecule has 8 heterocycles. The number of nitrogens with zero attached hydrogens (tertiary/aromatic N) is 7. The lowest BCUT2D eigenvalue weighted by atomic mass is 9.92. The van der Waals surface area contributed by atoms with Crippen LogP contribution in [0.1, 0.15) is 153 Å². The van der Waals surface area contributed by atoms with Crippen LogP contribution >= 0.6 is 12.4 Å². The van der Waals surface area contributed by atoms with Crippen LogP contribution in [0.5, 0.6) is 0 Å². The zero-order valence-electron chi connectivity index (χ0n) is 50.7. The number of benzene rings is 3. The number of nitrogens with one attached hydrogen (secondary N) is 4. The Kier molecular flexibility index (Phi) is 20.0. The van der Waals surface area contributed by atoms with E-state index in [1.165, 1.54) is 33.7 Å². The maximum atomic E-state index is 13.0. The average Bonchev–Trinajstić information content (AvgIpc) is 3.53. The summed E-state index contributed by atoms with van der Waals surface area (Å²) in [5.74, 6) is -0.781. The molecule has 3 aromatic carbocycles. The van der Waals surface area contributed by atoms with E-state index >= 15 is 0 Å². The third-order valence-corrected chi connectivity index (χ3v) is 15.0. The predicted octanol–water partition coefficient (Wildman–Crippen LogP) is 9.92. The number of aromatic nitrogens is 8. The van der Waals surface area contributed by atoms with Crippen LogP contribution in [0.4, 0.5) is 15.4 Å². The van der Waals surface area contributed by atoms with E-state index in [0.717, 1.165) is 46.9 Å². The largest absolute Gasteiger partial charge is 0.465 e. The molecule has 2 amide bonds. The van der Waals surface area contributed by atoms with Crippen molar-refractivity contribution in [2.45, 2.75) is 158 Å². The quantitative estimate of drug-likeness (QED) is 0.0589. The fourth-order valence-electron chi connectivity index (χ4n) is 10.1. The maximum absolute atomic E-state index is 13.0. The second-order valence-corrected chi connectivity index (χ2v) is 23.5. The molecule has 21 nitrogen and oxygen atoms in total. The molecule has 0 fully saturated rings. The van der Waals surface area contributed by atoms with Gasteiger partial charge in [0.1, 0.15) is 28.7 Å². The zero-order valence-corrected chi connectivity index (χ0v) is 51.5. The van der Waals surface area contributed by atoms with Gasteiger partial charge in [0.05, 0.1) is 41.8 Å². The molecular weight excluding hydrogens is 1100 g/mol. The number of rotatable bonds is 6. The monoisotopic (exact) mass is 1180 g/mol. The van der Waals surface area contributed by atoms with Crippen molar-refractivity contribution in [2.75, 3.05) is 12.3 Å². The number of H-pyrrole nitrogens is 3. The van der Waals surface area contributed by atoms with Crippen molar-refractivity contribution in [3.63, 3.8) is 0 Å². The number of carbonyl (C=O) groups is 4. The Bertz CT molecular complexity index is 3850. The standard InChI is InChI=1S/C22H26N4O3.C17H22N4O2.C17H18N4O.C7H12O3.ClH/c1-13-14(2)23-19-11-17(24-26(19)20(13)27)18-10-15-8-6-7-9-16(15)12-25(18)21(28)29-22(3,4)5;1-17(2,3)23-16(22)21-10-12-7-5-4-6-11(12)8-14(21)13-9-15(18)20-19-13;1-10-11(2)19-16-8-15(20-21(16)17(10)22)14-7-12-5-3-4-6-13(12)9-18-14;1-4-10-7(9)5(2)6(3)8;/h6-9,11,18,24H,10,12H2,1-5H3;4-7,9,14H,8,10H2,1-3H3,(H3,18,19,20);3-6,8,14,18,20H,7,9H2,1-2H3;5H,4H2,1-3H3;1H/t18-;2*14-;;/m000../s1. The Hall–Kier alpha value is -8.56. The summed E-state index contributed by atoms with van der Waals surface area (Å²) in [7, 11) is 0. The molecule has 5 aromatic heterocycles. The first kappa shape index (κ1) is 64.0. The summed E-state index contributed by atoms with van der Waals surface area (Å²) in [5, 5.41) is 16.8. The number of fused-ring (bicyclic) bond motifs is 5. The Morgan fingerprint density at radius 2 is 1.06 bits per heavy atom. The number of amides is 2. The minimum absolute atomic E-state index is 0. The number of halogens is 1. The van der Waals surface area contributed by atoms with Crippen molar-refractivity contribution in [2.24, 2.45) is 5.92 Å². The molecule has 8 aromatic rings. The summed E-state index contributed by atoms with van der Waals surface area (Å²) in [6, 6.07) is 30.0. The molecule has 22 heteroatoms. The van der Waals surface area contributed by atoms with E-state index in [1.54, 1.807) is 41.2 Å². The van der Waals surface area contributed by atoms with Crippen molar-refractivity contribution < 1.29 is 33.4 Å². The summed E-state index contributed by atoms with van der Waals surface area (Å²) >= 11 is 0. The highest BCUT2D eigenvalue weighted by Crippen LogP contribution is 2.36. The van der Waals surface area contributed by atoms with E-state index in [-0.39, 0.29) is 59.6 Å². The van der Waals surface area contributed by atoms with Crippen LogP contribution in [0.15, 0.2) is 101 Å². The SMILES string of the molecule is CC(C)(C)OC(=O)N1Cc2ccccc2C[C@H]1c1cc(N)n[nH]1.CCOC(=O)C(C)C(C)=O.Cc1nc2cc([C@@H]3Cc4ccccc4CN3)[nH]n2c(=O)c1C.Cc1nc2cc([C@@H]3Cc4ccccc4CN3C(=O)OC(C)(C)C)[nH]n2c(=O)c1C.Cl. The van der Waals surface area contributed by atoms with Crippen LogP contribution in [-0.2, 0) is 62.7 Å². The molecule has 0 spiro atoms. The third kappa shape index (κ3) is 15.2. The number of aromatic amines is 3. The highest BCUT2D eigenvalue weighted by molar-refractivity contribution is 5.97. The van der Waals surface area contributed by atoms with Crippen molar-refractivity contribution in [3.8, 4) is 0 Å². The summed E-state index contributed by atoms with van der Waals surface area (Å²) in [6.07, 6.45) is 1.55. The molecule has 85 heavy (non-hydrogen) atoms. The van der Waals surface area contributed by atoms with Gasteiger partial charge in [0, 0.05) is 60.3 Å². The van der Waals surface area contributed by atoms with Gasteiger partial charge in [0.15, 0.2) is 11.3 Å². The van der Waals surface area contributed by atoms with Gasteiger partial charge in [0.25, 0.3) is 11.1 Å². The topological polar surface area (TPSA) is 270 Å². The molecule has 0 aliphatic carbocycles. The molecule has 0 bridgehead atoms. The number of esters is 1. The van der Waals surface area contributed by atoms with Crippen LogP contribution in [-0.4, -0.2) is 90.9 Å². The van der Waals surface area contributed by atoms with E-state index in [0.29, 0.717) is 66.5 Å². The predicted molar refractivity (Wildman–Crippen MR) is 326 cm³/mol. The number of hydrogen-bond acceptors (Lipinski definition) is 14. The Morgan fingerprint density at radius 1 is 0.635 bits per heavy atom. The van der Waals surface area contributed by atoms with Crippen molar-refractivity contribution in [1.82, 2.24) is 54.5 Å². The summed E-state index contributed by atoms with van der Waals surface area (Å²) in [6.45, 7) is 25.2. The highest BCUT2D eigenvalue weighted by atomic mass is 35.5. The number of ketones is 1. The lowest BCUT2D eigenvalue weighted by molar-refractivity contribution is -0.150. The first-order valence-corrected chi connectivity index (χ1v) is 28.3. The van der Waals surface area contributed by atoms with Crippen LogP contribution in [0.3, 0.4) is 0 Å². The normalized spacial score (nSPS) is 16.5. The third-order valence-electron chi connectivity index (χ3n) is 15.0. The molecule has 0 saturated carbocycles. The van der Waals surface area contributed by atoms with Crippen molar-refractivity contribution in [3.05, 3.63) is 185 Å². The first-order valence-electron chi connectivity index (χ1n) is 28.3. The van der Waals surface area contributed by atoms with Crippen LogP contribution in [0, 0.1) is 33.6 Å². The van der Waals surface area contributed by atoms with Gasteiger partial charge in [-0.25, -0.2) is 28.6 Å². The van der Waals surface area contributed by atoms with E-state index in [2.05, 4.69) is 76.8 Å². The molecule has 6 N–H and O–H groups in total. The maximum Gasteiger partial charge on any atom is 0.411 e. The van der Waals surface area contributed by atoms with Gasteiger partial charge in [-0.2, -0.15) is 5.10 Å². The van der Waals surface area contributed by atoms with Crippen LogP contribution < -0.4 is 22.2 Å². The van der Waals surface area contributed by atoms with E-state index in [1.807, 2.05) is 111 Å². The molecule has 0 saturated heterocycles. The van der Waals surface area contributed by atoms with Gasteiger partial charge in [-0.05, 0) is 143 Å². The van der Waals surface area contributed by atoms with Crippen LogP contribution in [0.2, 0.25) is 0 Å². The number of aryl methyl sites for hydroxylation is 2. The number of nitrogen functional groups attached to an aromatic ring is 1. The molecular formula is C63H79ClN12O9. The summed E-state index contributed by atoms with van der Waals surface area (Å²) in [4.78, 5) is 84.4. The summed E-state index contributed by atoms with van der Waals surface area (Å²) in [5.41, 5.74) is 18.4.